The molecule has 1 aromatic heterocycles. The van der Waals surface area contributed by atoms with Gasteiger partial charge in [-0.2, -0.15) is 5.10 Å². The minimum atomic E-state index is -0.727. The second kappa shape index (κ2) is 4.45. The molecular formula is C6H5Cl2N3OS. The van der Waals surface area contributed by atoms with Crippen molar-refractivity contribution in [1.29, 1.82) is 0 Å². The Bertz CT molecular complexity index is 350. The predicted molar refractivity (Wildman–Crippen MR) is 54.7 cm³/mol. The number of hydrazone groups is 1. The number of nitrogens with two attached hydrogens (primary N) is 1. The zero-order valence-corrected chi connectivity index (χ0v) is 8.58. The third-order valence-electron chi connectivity index (χ3n) is 1.07. The SMILES string of the molecule is NC(=O)NN=Cc1scc(Cl)c1Cl. The van der Waals surface area contributed by atoms with Gasteiger partial charge in [-0.1, -0.05) is 23.2 Å². The highest BCUT2D eigenvalue weighted by atomic mass is 35.5. The predicted octanol–water partition coefficient (Wildman–Crippen LogP) is 2.06. The average Bonchev–Trinajstić information content (AvgIpc) is 2.35. The maximum Gasteiger partial charge on any atom is 0.332 e. The number of rotatable bonds is 2. The van der Waals surface area contributed by atoms with Crippen molar-refractivity contribution in [3.63, 3.8) is 0 Å². The lowest BCUT2D eigenvalue weighted by Crippen LogP contribution is -2.24. The first-order valence-corrected chi connectivity index (χ1v) is 4.76. The Morgan fingerprint density at radius 2 is 2.38 bits per heavy atom. The number of halogens is 2. The van der Waals surface area contributed by atoms with Crippen LogP contribution in [0.2, 0.25) is 10.0 Å². The second-order valence-corrected chi connectivity index (χ2v) is 3.69. The first-order chi connectivity index (χ1) is 6.11. The number of carbonyl (C=O) groups excluding carboxylic acids is 1. The molecule has 0 aromatic carbocycles. The number of hydrogen-bond donors (Lipinski definition) is 2. The highest BCUT2D eigenvalue weighted by Gasteiger charge is 2.04. The van der Waals surface area contributed by atoms with Gasteiger partial charge in [0.25, 0.3) is 0 Å². The molecule has 0 saturated heterocycles. The molecule has 0 fully saturated rings. The fourth-order valence-electron chi connectivity index (χ4n) is 0.578. The van der Waals surface area contributed by atoms with Crippen molar-refractivity contribution < 1.29 is 4.79 Å². The van der Waals surface area contributed by atoms with Gasteiger partial charge in [-0.3, -0.25) is 0 Å². The molecule has 0 radical (unpaired) electrons. The lowest BCUT2D eigenvalue weighted by Gasteiger charge is -1.90. The number of carbonyl (C=O) groups is 1. The molecule has 2 amide bonds. The molecule has 3 N–H and O–H groups in total. The summed E-state index contributed by atoms with van der Waals surface area (Å²) in [5, 5.41) is 6.09. The van der Waals surface area contributed by atoms with Gasteiger partial charge >= 0.3 is 6.03 Å². The summed E-state index contributed by atoms with van der Waals surface area (Å²) in [6.45, 7) is 0. The molecule has 1 aromatic rings. The van der Waals surface area contributed by atoms with Crippen molar-refractivity contribution in [2.75, 3.05) is 0 Å². The number of urea groups is 1. The Hall–Kier alpha value is -0.780. The van der Waals surface area contributed by atoms with E-state index in [1.165, 1.54) is 17.6 Å². The molecule has 0 spiro atoms. The number of nitrogens with one attached hydrogen (secondary N) is 1. The van der Waals surface area contributed by atoms with Gasteiger partial charge in [0.1, 0.15) is 0 Å². The molecule has 0 aliphatic heterocycles. The molecule has 0 unspecified atom stereocenters. The van der Waals surface area contributed by atoms with Crippen LogP contribution in [-0.4, -0.2) is 12.2 Å². The van der Waals surface area contributed by atoms with Crippen molar-refractivity contribution in [3.05, 3.63) is 20.3 Å². The molecule has 0 bridgehead atoms. The normalized spacial score (nSPS) is 10.6. The van der Waals surface area contributed by atoms with Crippen molar-refractivity contribution in [2.45, 2.75) is 0 Å². The van der Waals surface area contributed by atoms with Gasteiger partial charge < -0.3 is 5.73 Å². The van der Waals surface area contributed by atoms with Gasteiger partial charge in [0.15, 0.2) is 0 Å². The fraction of sp³-hybridized carbons (Fsp3) is 0. The Labute approximate surface area is 88.3 Å². The van der Waals surface area contributed by atoms with E-state index in [0.29, 0.717) is 14.9 Å². The quantitative estimate of drug-likeness (QED) is 0.600. The Kier molecular flexibility index (Phi) is 3.53. The van der Waals surface area contributed by atoms with Crippen LogP contribution in [0.1, 0.15) is 4.88 Å². The monoisotopic (exact) mass is 237 g/mol. The minimum Gasteiger partial charge on any atom is -0.350 e. The topological polar surface area (TPSA) is 67.5 Å². The lowest BCUT2D eigenvalue weighted by atomic mass is 10.5. The maximum atomic E-state index is 10.2. The molecular weight excluding hydrogens is 233 g/mol. The molecule has 4 nitrogen and oxygen atoms in total. The molecule has 0 aliphatic carbocycles. The molecule has 13 heavy (non-hydrogen) atoms. The van der Waals surface area contributed by atoms with Crippen LogP contribution in [0.25, 0.3) is 0 Å². The first kappa shape index (κ1) is 10.3. The van der Waals surface area contributed by atoms with E-state index in [4.69, 9.17) is 28.9 Å². The van der Waals surface area contributed by atoms with E-state index in [0.717, 1.165) is 0 Å². The van der Waals surface area contributed by atoms with E-state index in [1.54, 1.807) is 5.38 Å². The van der Waals surface area contributed by atoms with Crippen LogP contribution in [0.5, 0.6) is 0 Å². The van der Waals surface area contributed by atoms with Crippen LogP contribution >= 0.6 is 34.5 Å². The highest BCUT2D eigenvalue weighted by Crippen LogP contribution is 2.30. The maximum absolute atomic E-state index is 10.2. The summed E-state index contributed by atoms with van der Waals surface area (Å²) < 4.78 is 0. The highest BCUT2D eigenvalue weighted by molar-refractivity contribution is 7.13. The van der Waals surface area contributed by atoms with Crippen molar-refractivity contribution in [1.82, 2.24) is 5.43 Å². The van der Waals surface area contributed by atoms with E-state index in [9.17, 15) is 4.79 Å². The number of primary amides is 1. The van der Waals surface area contributed by atoms with Crippen molar-refractivity contribution in [3.8, 4) is 0 Å². The van der Waals surface area contributed by atoms with Crippen LogP contribution in [0.3, 0.4) is 0 Å². The molecule has 1 rings (SSSR count). The fourth-order valence-corrected chi connectivity index (χ4v) is 1.85. The van der Waals surface area contributed by atoms with Gasteiger partial charge in [-0.05, 0) is 0 Å². The third kappa shape index (κ3) is 2.87. The van der Waals surface area contributed by atoms with Gasteiger partial charge in [-0.15, -0.1) is 11.3 Å². The van der Waals surface area contributed by atoms with E-state index >= 15 is 0 Å². The van der Waals surface area contributed by atoms with Crippen LogP contribution < -0.4 is 11.2 Å². The molecule has 1 heterocycles. The molecule has 0 aliphatic rings. The summed E-state index contributed by atoms with van der Waals surface area (Å²) in [7, 11) is 0. The summed E-state index contributed by atoms with van der Waals surface area (Å²) in [5.41, 5.74) is 6.82. The molecule has 0 atom stereocenters. The van der Waals surface area contributed by atoms with Crippen LogP contribution in [0.4, 0.5) is 4.79 Å². The standard InChI is InChI=1S/C6H5Cl2N3OS/c7-3-2-13-4(5(3)8)1-10-11-6(9)12/h1-2H,(H3,9,11,12). The van der Waals surface area contributed by atoms with E-state index in [2.05, 4.69) is 5.10 Å². The van der Waals surface area contributed by atoms with Gasteiger partial charge in [-0.25, -0.2) is 10.2 Å². The zero-order chi connectivity index (χ0) is 9.84. The smallest absolute Gasteiger partial charge is 0.332 e. The summed E-state index contributed by atoms with van der Waals surface area (Å²) in [4.78, 5) is 10.9. The van der Waals surface area contributed by atoms with Crippen LogP contribution in [0.15, 0.2) is 10.5 Å². The number of nitrogens with zero attached hydrogens (tertiary/aromatic N) is 1. The molecule has 7 heteroatoms. The van der Waals surface area contributed by atoms with Crippen molar-refractivity contribution in [2.24, 2.45) is 10.8 Å². The largest absolute Gasteiger partial charge is 0.350 e. The minimum absolute atomic E-state index is 0.418. The second-order valence-electron chi connectivity index (χ2n) is 2.00. The molecule has 0 saturated carbocycles. The van der Waals surface area contributed by atoms with E-state index < -0.39 is 6.03 Å². The van der Waals surface area contributed by atoms with E-state index in [1.807, 2.05) is 5.43 Å². The van der Waals surface area contributed by atoms with Crippen LogP contribution in [0, 0.1) is 0 Å². The number of amides is 2. The van der Waals surface area contributed by atoms with E-state index in [-0.39, 0.29) is 0 Å². The first-order valence-electron chi connectivity index (χ1n) is 3.12. The summed E-state index contributed by atoms with van der Waals surface area (Å²) in [6.07, 6.45) is 1.38. The summed E-state index contributed by atoms with van der Waals surface area (Å²) >= 11 is 12.8. The Morgan fingerprint density at radius 3 is 2.85 bits per heavy atom. The van der Waals surface area contributed by atoms with Gasteiger partial charge in [0.2, 0.25) is 0 Å². The number of hydrogen-bond acceptors (Lipinski definition) is 3. The lowest BCUT2D eigenvalue weighted by molar-refractivity contribution is 0.249. The molecule has 70 valence electrons. The van der Waals surface area contributed by atoms with Crippen molar-refractivity contribution >= 4 is 46.8 Å². The Balaban J connectivity index is 2.69. The van der Waals surface area contributed by atoms with Crippen LogP contribution in [-0.2, 0) is 0 Å². The van der Waals surface area contributed by atoms with Gasteiger partial charge in [0, 0.05) is 5.38 Å². The zero-order valence-electron chi connectivity index (χ0n) is 6.25. The average molecular weight is 238 g/mol. The summed E-state index contributed by atoms with van der Waals surface area (Å²) in [6, 6.07) is -0.727. The van der Waals surface area contributed by atoms with Gasteiger partial charge in [0.05, 0.1) is 21.1 Å². The number of thiophene rings is 1. The third-order valence-corrected chi connectivity index (χ3v) is 3.03. The Morgan fingerprint density at radius 1 is 1.69 bits per heavy atom. The summed E-state index contributed by atoms with van der Waals surface area (Å²) in [5.74, 6) is 0.